The summed E-state index contributed by atoms with van der Waals surface area (Å²) in [5.41, 5.74) is 1.15. The Morgan fingerprint density at radius 3 is 2.77 bits per heavy atom. The van der Waals surface area contributed by atoms with Gasteiger partial charge in [0.05, 0.1) is 17.4 Å². The third kappa shape index (κ3) is 3.67. The van der Waals surface area contributed by atoms with E-state index in [-0.39, 0.29) is 36.1 Å². The van der Waals surface area contributed by atoms with Crippen LogP contribution < -0.4 is 5.32 Å². The number of nitrogens with one attached hydrogen (secondary N) is 1. The second-order valence-corrected chi connectivity index (χ2v) is 8.38. The van der Waals surface area contributed by atoms with E-state index in [1.807, 2.05) is 20.8 Å². The van der Waals surface area contributed by atoms with Gasteiger partial charge >= 0.3 is 6.18 Å². The summed E-state index contributed by atoms with van der Waals surface area (Å²) in [6.07, 6.45) is -2.43. The molecule has 0 bridgehead atoms. The number of fused-ring (bicyclic) bond motifs is 1. The Labute approximate surface area is 172 Å². The Morgan fingerprint density at radius 2 is 2.13 bits per heavy atom. The number of hydrogen-bond acceptors (Lipinski definition) is 5. The van der Waals surface area contributed by atoms with Gasteiger partial charge in [0.2, 0.25) is 5.76 Å². The highest BCUT2D eigenvalue weighted by Gasteiger charge is 2.47. The van der Waals surface area contributed by atoms with E-state index in [1.165, 1.54) is 0 Å². The van der Waals surface area contributed by atoms with Crippen LogP contribution in [0, 0.1) is 5.92 Å². The highest BCUT2D eigenvalue weighted by Crippen LogP contribution is 2.42. The lowest BCUT2D eigenvalue weighted by Gasteiger charge is -2.35. The number of hydrogen-bond donors (Lipinski definition) is 1. The van der Waals surface area contributed by atoms with Crippen LogP contribution in [0.5, 0.6) is 0 Å². The molecule has 164 valence electrons. The molecule has 1 saturated heterocycles. The van der Waals surface area contributed by atoms with Crippen molar-refractivity contribution in [1.29, 1.82) is 0 Å². The largest absolute Gasteiger partial charge is 0.410 e. The Balaban J connectivity index is 1.64. The number of carbonyl (C=O) groups is 1. The molecular formula is C20H26F3N5O2. The molecule has 0 radical (unpaired) electrons. The standard InChI is InChI=1S/C20H26F3N5O2/c1-4-12-8-16(30-26-12)19(29)27-7-5-6-15(27)14-10-18-24-13(11(2)3)9-17(20(21,22)23)28(18)25-14/h8,10-11,13,15,17,24H,4-7,9H2,1-3H3/t13-,15?,17+/m0/s1. The average Bonchev–Trinajstić information content (AvgIpc) is 3.43. The zero-order valence-corrected chi connectivity index (χ0v) is 17.2. The van der Waals surface area contributed by atoms with Gasteiger partial charge < -0.3 is 14.7 Å². The van der Waals surface area contributed by atoms with Gasteiger partial charge in [-0.15, -0.1) is 0 Å². The van der Waals surface area contributed by atoms with Crippen molar-refractivity contribution < 1.29 is 22.5 Å². The van der Waals surface area contributed by atoms with Gasteiger partial charge in [-0.05, 0) is 31.6 Å². The number of likely N-dealkylation sites (tertiary alicyclic amines) is 1. The molecule has 2 aliphatic heterocycles. The van der Waals surface area contributed by atoms with Crippen molar-refractivity contribution in [1.82, 2.24) is 19.8 Å². The molecule has 2 aromatic rings. The zero-order valence-electron chi connectivity index (χ0n) is 17.2. The molecule has 2 aromatic heterocycles. The topological polar surface area (TPSA) is 76.2 Å². The number of aryl methyl sites for hydroxylation is 1. The maximum absolute atomic E-state index is 13.7. The highest BCUT2D eigenvalue weighted by molar-refractivity contribution is 5.92. The summed E-state index contributed by atoms with van der Waals surface area (Å²) in [5.74, 6) is 0.236. The molecule has 0 spiro atoms. The van der Waals surface area contributed by atoms with E-state index in [2.05, 4.69) is 15.6 Å². The number of anilines is 1. The first kappa shape index (κ1) is 20.7. The molecule has 1 amide bonds. The number of amides is 1. The van der Waals surface area contributed by atoms with Crippen LogP contribution in [0.3, 0.4) is 0 Å². The van der Waals surface area contributed by atoms with Crippen molar-refractivity contribution >= 4 is 11.7 Å². The van der Waals surface area contributed by atoms with Crippen LogP contribution >= 0.6 is 0 Å². The van der Waals surface area contributed by atoms with Crippen molar-refractivity contribution in [2.45, 2.75) is 70.8 Å². The van der Waals surface area contributed by atoms with Gasteiger partial charge in [0, 0.05) is 24.7 Å². The molecule has 3 atom stereocenters. The lowest BCUT2D eigenvalue weighted by atomic mass is 9.94. The minimum Gasteiger partial charge on any atom is -0.367 e. The fraction of sp³-hybridized carbons (Fsp3) is 0.650. The van der Waals surface area contributed by atoms with E-state index in [0.717, 1.165) is 11.1 Å². The maximum atomic E-state index is 13.7. The minimum atomic E-state index is -4.39. The van der Waals surface area contributed by atoms with Gasteiger partial charge in [-0.1, -0.05) is 25.9 Å². The Morgan fingerprint density at radius 1 is 1.37 bits per heavy atom. The van der Waals surface area contributed by atoms with Crippen LogP contribution in [-0.2, 0) is 6.42 Å². The summed E-state index contributed by atoms with van der Waals surface area (Å²) in [5, 5.41) is 11.4. The quantitative estimate of drug-likeness (QED) is 0.788. The second-order valence-electron chi connectivity index (χ2n) is 8.38. The van der Waals surface area contributed by atoms with E-state index in [0.29, 0.717) is 36.6 Å². The molecule has 4 rings (SSSR count). The predicted octanol–water partition coefficient (Wildman–Crippen LogP) is 4.35. The first-order valence-corrected chi connectivity index (χ1v) is 10.4. The van der Waals surface area contributed by atoms with E-state index in [4.69, 9.17) is 4.52 Å². The van der Waals surface area contributed by atoms with Crippen molar-refractivity contribution in [3.63, 3.8) is 0 Å². The summed E-state index contributed by atoms with van der Waals surface area (Å²) < 4.78 is 47.4. The molecule has 1 fully saturated rings. The molecule has 0 aromatic carbocycles. The lowest BCUT2D eigenvalue weighted by molar-refractivity contribution is -0.174. The Kier molecular flexibility index (Phi) is 5.27. The average molecular weight is 425 g/mol. The normalized spacial score (nSPS) is 24.2. The second kappa shape index (κ2) is 7.63. The molecule has 2 aliphatic rings. The fourth-order valence-electron chi connectivity index (χ4n) is 4.26. The third-order valence-corrected chi connectivity index (χ3v) is 6.03. The monoisotopic (exact) mass is 425 g/mol. The number of rotatable bonds is 4. The molecule has 4 heterocycles. The number of nitrogens with zero attached hydrogens (tertiary/aromatic N) is 4. The van der Waals surface area contributed by atoms with E-state index >= 15 is 0 Å². The Hall–Kier alpha value is -2.52. The third-order valence-electron chi connectivity index (χ3n) is 6.03. The minimum absolute atomic E-state index is 0.0470. The molecule has 30 heavy (non-hydrogen) atoms. The van der Waals surface area contributed by atoms with Crippen LogP contribution in [0.15, 0.2) is 16.7 Å². The zero-order chi connectivity index (χ0) is 21.6. The summed E-state index contributed by atoms with van der Waals surface area (Å²) in [6.45, 7) is 6.21. The summed E-state index contributed by atoms with van der Waals surface area (Å²) in [4.78, 5) is 14.6. The van der Waals surface area contributed by atoms with Gasteiger partial charge in [0.25, 0.3) is 5.91 Å². The van der Waals surface area contributed by atoms with Crippen LogP contribution in [0.2, 0.25) is 0 Å². The molecule has 1 N–H and O–H groups in total. The SMILES string of the molecule is CCc1cc(C(=O)N2CCCC2c2cc3n(n2)[C@@H](C(F)(F)F)C[C@@H](C(C)C)N3)on1. The van der Waals surface area contributed by atoms with Crippen molar-refractivity contribution in [2.24, 2.45) is 5.92 Å². The van der Waals surface area contributed by atoms with Crippen molar-refractivity contribution in [3.05, 3.63) is 29.3 Å². The number of carbonyl (C=O) groups excluding carboxylic acids is 1. The lowest BCUT2D eigenvalue weighted by Crippen LogP contribution is -2.41. The van der Waals surface area contributed by atoms with Crippen molar-refractivity contribution in [3.8, 4) is 0 Å². The van der Waals surface area contributed by atoms with Crippen LogP contribution in [0.1, 0.15) is 74.1 Å². The fourth-order valence-corrected chi connectivity index (χ4v) is 4.26. The summed E-state index contributed by atoms with van der Waals surface area (Å²) >= 11 is 0. The number of alkyl halides is 3. The number of halogens is 3. The predicted molar refractivity (Wildman–Crippen MR) is 103 cm³/mol. The van der Waals surface area contributed by atoms with E-state index in [9.17, 15) is 18.0 Å². The van der Waals surface area contributed by atoms with Gasteiger partial charge in [0.15, 0.2) is 6.04 Å². The summed E-state index contributed by atoms with van der Waals surface area (Å²) in [6, 6.07) is 0.906. The number of aromatic nitrogens is 3. The van der Waals surface area contributed by atoms with Crippen molar-refractivity contribution in [2.75, 3.05) is 11.9 Å². The first-order chi connectivity index (χ1) is 14.2. The van der Waals surface area contributed by atoms with Crippen LogP contribution in [-0.4, -0.2) is 44.5 Å². The van der Waals surface area contributed by atoms with Crippen LogP contribution in [0.4, 0.5) is 19.0 Å². The molecule has 1 unspecified atom stereocenters. The Bertz CT molecular complexity index is 920. The molecule has 10 heteroatoms. The molecule has 0 aliphatic carbocycles. The molecule has 0 saturated carbocycles. The summed E-state index contributed by atoms with van der Waals surface area (Å²) in [7, 11) is 0. The smallest absolute Gasteiger partial charge is 0.367 e. The van der Waals surface area contributed by atoms with E-state index in [1.54, 1.807) is 17.0 Å². The van der Waals surface area contributed by atoms with Gasteiger partial charge in [0.1, 0.15) is 5.82 Å². The van der Waals surface area contributed by atoms with Crippen LogP contribution in [0.25, 0.3) is 0 Å². The maximum Gasteiger partial charge on any atom is 0.410 e. The van der Waals surface area contributed by atoms with Gasteiger partial charge in [-0.2, -0.15) is 18.3 Å². The van der Waals surface area contributed by atoms with Gasteiger partial charge in [-0.3, -0.25) is 4.79 Å². The molecular weight excluding hydrogens is 399 g/mol. The molecule has 7 nitrogen and oxygen atoms in total. The van der Waals surface area contributed by atoms with Gasteiger partial charge in [-0.25, -0.2) is 4.68 Å². The van der Waals surface area contributed by atoms with E-state index < -0.39 is 12.2 Å². The highest BCUT2D eigenvalue weighted by atomic mass is 19.4. The first-order valence-electron chi connectivity index (χ1n) is 10.4.